The van der Waals surface area contributed by atoms with Gasteiger partial charge in [-0.25, -0.2) is 9.37 Å². The third-order valence-electron chi connectivity index (χ3n) is 7.25. The van der Waals surface area contributed by atoms with Gasteiger partial charge in [0.2, 0.25) is 5.13 Å². The average molecular weight is 630 g/mol. The molecule has 2 aromatic carbocycles. The molecule has 4 heterocycles. The molecule has 0 bridgehead atoms. The number of halogens is 1. The highest BCUT2D eigenvalue weighted by Gasteiger charge is 2.49. The molecule has 1 saturated heterocycles. The van der Waals surface area contributed by atoms with Gasteiger partial charge in [-0.2, -0.15) is 0 Å². The number of imidazole rings is 1. The summed E-state index contributed by atoms with van der Waals surface area (Å²) in [5, 5.41) is 20.4. The third-order valence-corrected chi connectivity index (χ3v) is 9.35. The largest absolute Gasteiger partial charge is 0.505 e. The molecule has 1 fully saturated rings. The molecule has 12 heteroatoms. The van der Waals surface area contributed by atoms with E-state index in [1.807, 2.05) is 6.07 Å². The number of aromatic nitrogens is 4. The number of aliphatic hydroxyl groups is 1. The van der Waals surface area contributed by atoms with E-state index >= 15 is 0 Å². The fourth-order valence-electron chi connectivity index (χ4n) is 5.07. The number of ether oxygens (including phenoxy) is 1. The monoisotopic (exact) mass is 629 g/mol. The summed E-state index contributed by atoms with van der Waals surface area (Å²) in [7, 11) is 0. The minimum atomic E-state index is -0.995. The van der Waals surface area contributed by atoms with E-state index in [4.69, 9.17) is 4.74 Å². The summed E-state index contributed by atoms with van der Waals surface area (Å²) >= 11 is 2.40. The second-order valence-corrected chi connectivity index (χ2v) is 12.3. The Labute approximate surface area is 261 Å². The summed E-state index contributed by atoms with van der Waals surface area (Å²) in [4.78, 5) is 33.2. The van der Waals surface area contributed by atoms with Crippen LogP contribution < -0.4 is 9.64 Å². The SMILES string of the molecule is CCCCOc1ccc(C2/C(=C(\O)c3c(C)nc4ccccn34)C(=O)C(=O)N2c2nnc(SCc3ccccc3F)s2)cc1. The molecule has 224 valence electrons. The topological polar surface area (TPSA) is 110 Å². The Hall–Kier alpha value is -4.55. The maximum Gasteiger partial charge on any atom is 0.301 e. The molecule has 6 rings (SSSR count). The predicted octanol–water partition coefficient (Wildman–Crippen LogP) is 6.73. The van der Waals surface area contributed by atoms with Crippen LogP contribution >= 0.6 is 23.1 Å². The Balaban J connectivity index is 1.41. The number of hydrogen-bond donors (Lipinski definition) is 1. The number of carbonyl (C=O) groups excluding carboxylic acids is 2. The molecular weight excluding hydrogens is 602 g/mol. The van der Waals surface area contributed by atoms with Crippen LogP contribution in [0.5, 0.6) is 5.75 Å². The van der Waals surface area contributed by atoms with Crippen LogP contribution in [0.25, 0.3) is 11.4 Å². The average Bonchev–Trinajstić information content (AvgIpc) is 3.70. The highest BCUT2D eigenvalue weighted by Crippen LogP contribution is 2.44. The first kappa shape index (κ1) is 29.5. The molecule has 0 radical (unpaired) electrons. The highest BCUT2D eigenvalue weighted by molar-refractivity contribution is 8.00. The van der Waals surface area contributed by atoms with Gasteiger partial charge in [-0.15, -0.1) is 10.2 Å². The number of unbranched alkanes of at least 4 members (excludes halogenated alkanes) is 1. The maximum atomic E-state index is 14.2. The van der Waals surface area contributed by atoms with Crippen LogP contribution in [-0.4, -0.2) is 43.0 Å². The molecule has 0 aliphatic carbocycles. The minimum Gasteiger partial charge on any atom is -0.505 e. The second kappa shape index (κ2) is 12.6. The Morgan fingerprint density at radius 2 is 1.84 bits per heavy atom. The van der Waals surface area contributed by atoms with Crippen molar-refractivity contribution in [2.24, 2.45) is 0 Å². The van der Waals surface area contributed by atoms with Crippen molar-refractivity contribution in [2.45, 2.75) is 42.8 Å². The summed E-state index contributed by atoms with van der Waals surface area (Å²) in [5.41, 5.74) is 2.42. The van der Waals surface area contributed by atoms with Crippen LogP contribution in [0.1, 0.15) is 48.3 Å². The van der Waals surface area contributed by atoms with Gasteiger partial charge in [-0.1, -0.05) is 72.8 Å². The van der Waals surface area contributed by atoms with Crippen LogP contribution in [0.15, 0.2) is 82.8 Å². The van der Waals surface area contributed by atoms with Crippen molar-refractivity contribution >= 4 is 51.3 Å². The number of pyridine rings is 1. The third kappa shape index (κ3) is 5.58. The van der Waals surface area contributed by atoms with Gasteiger partial charge in [-0.05, 0) is 54.8 Å². The molecule has 44 heavy (non-hydrogen) atoms. The minimum absolute atomic E-state index is 0.0841. The lowest BCUT2D eigenvalue weighted by molar-refractivity contribution is -0.132. The second-order valence-electron chi connectivity index (χ2n) is 10.1. The van der Waals surface area contributed by atoms with Crippen molar-refractivity contribution in [3.63, 3.8) is 0 Å². The number of nitrogens with zero attached hydrogens (tertiary/aromatic N) is 5. The van der Waals surface area contributed by atoms with Crippen molar-refractivity contribution < 1.29 is 23.8 Å². The molecule has 1 atom stereocenters. The molecule has 1 aliphatic rings. The quantitative estimate of drug-likeness (QED) is 0.0452. The Morgan fingerprint density at radius 3 is 2.61 bits per heavy atom. The summed E-state index contributed by atoms with van der Waals surface area (Å²) in [5.74, 6) is -1.38. The molecule has 1 aliphatic heterocycles. The highest BCUT2D eigenvalue weighted by atomic mass is 32.2. The van der Waals surface area contributed by atoms with Crippen LogP contribution in [0, 0.1) is 12.7 Å². The number of rotatable bonds is 10. The number of ketones is 1. The van der Waals surface area contributed by atoms with Gasteiger partial charge >= 0.3 is 5.91 Å². The standard InChI is InChI=1S/C32H28FN5O4S2/c1-3-4-17-42-22-14-12-20(13-15-22)27-25(28(39)26-19(2)34-24-11-7-8-16-37(24)26)29(40)30(41)38(27)31-35-36-32(44-31)43-18-21-9-5-6-10-23(21)33/h5-16,27,39H,3-4,17-18H2,1-2H3/b28-25+. The molecule has 1 amide bonds. The number of hydrogen-bond acceptors (Lipinski definition) is 9. The van der Waals surface area contributed by atoms with Crippen LogP contribution in [-0.2, 0) is 15.3 Å². The van der Waals surface area contributed by atoms with E-state index in [9.17, 15) is 19.1 Å². The van der Waals surface area contributed by atoms with Crippen molar-refractivity contribution in [1.29, 1.82) is 0 Å². The van der Waals surface area contributed by atoms with Gasteiger partial charge in [0.05, 0.1) is 23.9 Å². The number of amides is 1. The lowest BCUT2D eigenvalue weighted by atomic mass is 9.96. The van der Waals surface area contributed by atoms with E-state index < -0.39 is 17.7 Å². The zero-order chi connectivity index (χ0) is 30.8. The zero-order valence-electron chi connectivity index (χ0n) is 23.9. The van der Waals surface area contributed by atoms with Gasteiger partial charge < -0.3 is 9.84 Å². The van der Waals surface area contributed by atoms with Crippen LogP contribution in [0.2, 0.25) is 0 Å². The Kier molecular flexibility index (Phi) is 8.45. The Morgan fingerprint density at radius 1 is 1.07 bits per heavy atom. The first-order chi connectivity index (χ1) is 21.4. The van der Waals surface area contributed by atoms with Crippen molar-refractivity contribution in [1.82, 2.24) is 19.6 Å². The number of Topliss-reactive ketones (excluding diaryl/α,β-unsaturated/α-hetero) is 1. The lowest BCUT2D eigenvalue weighted by Crippen LogP contribution is -2.29. The summed E-state index contributed by atoms with van der Waals surface area (Å²) < 4.78 is 22.2. The van der Waals surface area contributed by atoms with Gasteiger partial charge in [0.15, 0.2) is 10.1 Å². The molecule has 0 saturated carbocycles. The van der Waals surface area contributed by atoms with Gasteiger partial charge in [-0.3, -0.25) is 18.9 Å². The van der Waals surface area contributed by atoms with E-state index in [0.717, 1.165) is 24.2 Å². The number of aliphatic hydroxyl groups excluding tert-OH is 1. The maximum absolute atomic E-state index is 14.2. The molecule has 3 aromatic heterocycles. The molecule has 1 unspecified atom stereocenters. The summed E-state index contributed by atoms with van der Waals surface area (Å²) in [6, 6.07) is 18.0. The number of fused-ring (bicyclic) bond motifs is 1. The first-order valence-electron chi connectivity index (χ1n) is 14.0. The Bertz CT molecular complexity index is 1890. The van der Waals surface area contributed by atoms with Crippen molar-refractivity contribution in [3.05, 3.63) is 107 Å². The van der Waals surface area contributed by atoms with Crippen molar-refractivity contribution in [2.75, 3.05) is 11.5 Å². The molecular formula is C32H28FN5O4S2. The van der Waals surface area contributed by atoms with E-state index in [1.165, 1.54) is 22.7 Å². The van der Waals surface area contributed by atoms with E-state index in [1.54, 1.807) is 72.1 Å². The van der Waals surface area contributed by atoms with E-state index in [2.05, 4.69) is 22.1 Å². The normalized spacial score (nSPS) is 16.2. The summed E-state index contributed by atoms with van der Waals surface area (Å²) in [6.07, 6.45) is 3.65. The molecule has 9 nitrogen and oxygen atoms in total. The van der Waals surface area contributed by atoms with Crippen LogP contribution in [0.4, 0.5) is 9.52 Å². The fourth-order valence-corrected chi connectivity index (χ4v) is 6.92. The number of anilines is 1. The lowest BCUT2D eigenvalue weighted by Gasteiger charge is -2.22. The van der Waals surface area contributed by atoms with Gasteiger partial charge in [0.1, 0.15) is 22.9 Å². The zero-order valence-corrected chi connectivity index (χ0v) is 25.6. The predicted molar refractivity (Wildman–Crippen MR) is 167 cm³/mol. The number of carbonyl (C=O) groups is 2. The number of aryl methyl sites for hydroxylation is 1. The van der Waals surface area contributed by atoms with E-state index in [0.29, 0.717) is 50.6 Å². The molecule has 0 spiro atoms. The van der Waals surface area contributed by atoms with Gasteiger partial charge in [0.25, 0.3) is 5.78 Å². The van der Waals surface area contributed by atoms with Crippen molar-refractivity contribution in [3.8, 4) is 5.75 Å². The fraction of sp³-hybridized carbons (Fsp3) is 0.219. The number of thioether (sulfide) groups is 1. The smallest absolute Gasteiger partial charge is 0.301 e. The van der Waals surface area contributed by atoms with E-state index in [-0.39, 0.29) is 22.3 Å². The molecule has 1 N–H and O–H groups in total. The summed E-state index contributed by atoms with van der Waals surface area (Å²) in [6.45, 7) is 4.39. The van der Waals surface area contributed by atoms with Crippen LogP contribution in [0.3, 0.4) is 0 Å². The first-order valence-corrected chi connectivity index (χ1v) is 15.8. The molecule has 5 aromatic rings. The number of benzene rings is 2. The van der Waals surface area contributed by atoms with Gasteiger partial charge in [0, 0.05) is 11.9 Å².